The predicted octanol–water partition coefficient (Wildman–Crippen LogP) is 0.971. The number of nitrogens with two attached hydrogens (primary N) is 1. The zero-order chi connectivity index (χ0) is 12.1. The second kappa shape index (κ2) is 6.14. The standard InChI is InChI=1S/C12H19NO2Se/c1-8(13)5-9-6-10(14-2)7-11(16-4)12(9)15-3/h6-8H,5,13H2,1-4H3. The first-order valence-electron chi connectivity index (χ1n) is 5.16. The Bertz CT molecular complexity index is 353. The summed E-state index contributed by atoms with van der Waals surface area (Å²) in [6.07, 6.45) is 0.809. The number of hydrogen-bond donors (Lipinski definition) is 1. The van der Waals surface area contributed by atoms with Gasteiger partial charge in [0, 0.05) is 0 Å². The first kappa shape index (κ1) is 13.4. The molecule has 1 aromatic carbocycles. The number of hydrogen-bond acceptors (Lipinski definition) is 3. The van der Waals surface area contributed by atoms with E-state index in [1.54, 1.807) is 14.2 Å². The molecule has 0 amide bonds. The van der Waals surface area contributed by atoms with E-state index in [9.17, 15) is 0 Å². The van der Waals surface area contributed by atoms with Gasteiger partial charge in [-0.05, 0) is 0 Å². The quantitative estimate of drug-likeness (QED) is 0.821. The summed E-state index contributed by atoms with van der Waals surface area (Å²) in [4.78, 5) is 0. The molecule has 0 saturated heterocycles. The van der Waals surface area contributed by atoms with E-state index in [4.69, 9.17) is 15.2 Å². The van der Waals surface area contributed by atoms with Crippen LogP contribution in [0.5, 0.6) is 11.5 Å². The van der Waals surface area contributed by atoms with E-state index >= 15 is 0 Å². The van der Waals surface area contributed by atoms with Crippen LogP contribution in [0.3, 0.4) is 0 Å². The van der Waals surface area contributed by atoms with Crippen LogP contribution >= 0.6 is 0 Å². The van der Waals surface area contributed by atoms with Crippen molar-refractivity contribution in [1.82, 2.24) is 0 Å². The normalized spacial score (nSPS) is 12.3. The Hall–Kier alpha value is -0.701. The van der Waals surface area contributed by atoms with E-state index in [0.717, 1.165) is 23.5 Å². The Balaban J connectivity index is 3.19. The van der Waals surface area contributed by atoms with Gasteiger partial charge in [0.25, 0.3) is 0 Å². The fourth-order valence-electron chi connectivity index (χ4n) is 1.63. The van der Waals surface area contributed by atoms with Gasteiger partial charge in [0.05, 0.1) is 0 Å². The summed E-state index contributed by atoms with van der Waals surface area (Å²) in [6, 6.07) is 4.18. The van der Waals surface area contributed by atoms with Crippen molar-refractivity contribution in [2.24, 2.45) is 5.73 Å². The van der Waals surface area contributed by atoms with Crippen LogP contribution < -0.4 is 19.7 Å². The monoisotopic (exact) mass is 289 g/mol. The second-order valence-corrected chi connectivity index (χ2v) is 5.48. The first-order valence-corrected chi connectivity index (χ1v) is 7.73. The summed E-state index contributed by atoms with van der Waals surface area (Å²) in [5, 5.41) is 0. The van der Waals surface area contributed by atoms with Crippen molar-refractivity contribution in [2.75, 3.05) is 14.2 Å². The van der Waals surface area contributed by atoms with Crippen LogP contribution in [0.15, 0.2) is 12.1 Å². The molecule has 1 aromatic rings. The van der Waals surface area contributed by atoms with Crippen molar-refractivity contribution in [1.29, 1.82) is 0 Å². The van der Waals surface area contributed by atoms with Gasteiger partial charge in [-0.15, -0.1) is 0 Å². The van der Waals surface area contributed by atoms with Crippen LogP contribution in [0.1, 0.15) is 12.5 Å². The molecule has 0 spiro atoms. The van der Waals surface area contributed by atoms with Crippen LogP contribution in [0.4, 0.5) is 0 Å². The molecule has 90 valence electrons. The maximum absolute atomic E-state index is 5.84. The van der Waals surface area contributed by atoms with Crippen molar-refractivity contribution in [3.8, 4) is 11.5 Å². The molecule has 0 radical (unpaired) electrons. The SMILES string of the molecule is COc1cc(CC(C)N)c(OC)c([Se]C)c1. The van der Waals surface area contributed by atoms with Gasteiger partial charge < -0.3 is 0 Å². The molecule has 1 rings (SSSR count). The van der Waals surface area contributed by atoms with Crippen LogP contribution in [0.25, 0.3) is 0 Å². The average molecular weight is 288 g/mol. The van der Waals surface area contributed by atoms with Crippen molar-refractivity contribution in [3.05, 3.63) is 17.7 Å². The average Bonchev–Trinajstić information content (AvgIpc) is 2.27. The maximum atomic E-state index is 5.84. The van der Waals surface area contributed by atoms with Gasteiger partial charge in [0.2, 0.25) is 0 Å². The summed E-state index contributed by atoms with van der Waals surface area (Å²) in [5.74, 6) is 4.02. The van der Waals surface area contributed by atoms with Gasteiger partial charge in [-0.2, -0.15) is 0 Å². The summed E-state index contributed by atoms with van der Waals surface area (Å²) in [7, 11) is 3.39. The Labute approximate surface area is 103 Å². The first-order chi connectivity index (χ1) is 7.62. The van der Waals surface area contributed by atoms with Gasteiger partial charge in [0.15, 0.2) is 0 Å². The molecular weight excluding hydrogens is 269 g/mol. The molecule has 0 saturated carbocycles. The van der Waals surface area contributed by atoms with Crippen molar-refractivity contribution in [3.63, 3.8) is 0 Å². The molecule has 0 aliphatic rings. The number of methoxy groups -OCH3 is 2. The van der Waals surface area contributed by atoms with Gasteiger partial charge in [0.1, 0.15) is 0 Å². The Kier molecular flexibility index (Phi) is 5.13. The molecule has 0 aromatic heterocycles. The van der Waals surface area contributed by atoms with Crippen LogP contribution in [0, 0.1) is 0 Å². The van der Waals surface area contributed by atoms with Gasteiger partial charge >= 0.3 is 103 Å². The van der Waals surface area contributed by atoms with Crippen molar-refractivity contribution in [2.45, 2.75) is 25.2 Å². The molecule has 16 heavy (non-hydrogen) atoms. The third-order valence-corrected chi connectivity index (χ3v) is 3.87. The molecule has 3 nitrogen and oxygen atoms in total. The zero-order valence-corrected chi connectivity index (χ0v) is 12.0. The number of benzene rings is 1. The third kappa shape index (κ3) is 3.14. The Morgan fingerprint density at radius 3 is 2.44 bits per heavy atom. The van der Waals surface area contributed by atoms with Gasteiger partial charge in [-0.25, -0.2) is 0 Å². The molecule has 2 N–H and O–H groups in total. The van der Waals surface area contributed by atoms with Crippen molar-refractivity contribution >= 4 is 19.4 Å². The molecule has 0 bridgehead atoms. The molecule has 4 heteroatoms. The van der Waals surface area contributed by atoms with Crippen LogP contribution in [-0.4, -0.2) is 35.2 Å². The molecule has 0 fully saturated rings. The van der Waals surface area contributed by atoms with Gasteiger partial charge in [-0.1, -0.05) is 0 Å². The van der Waals surface area contributed by atoms with Gasteiger partial charge in [-0.3, -0.25) is 0 Å². The summed E-state index contributed by atoms with van der Waals surface area (Å²) >= 11 is 0.381. The summed E-state index contributed by atoms with van der Waals surface area (Å²) in [5.41, 5.74) is 6.97. The van der Waals surface area contributed by atoms with E-state index in [1.807, 2.05) is 19.1 Å². The molecule has 1 atom stereocenters. The Morgan fingerprint density at radius 2 is 2.00 bits per heavy atom. The molecular formula is C12H19NO2Se. The minimum atomic E-state index is 0.123. The molecule has 0 aliphatic carbocycles. The molecule has 0 heterocycles. The predicted molar refractivity (Wildman–Crippen MR) is 68.2 cm³/mol. The summed E-state index contributed by atoms with van der Waals surface area (Å²) < 4.78 is 12.0. The van der Waals surface area contributed by atoms with E-state index < -0.39 is 0 Å². The second-order valence-electron chi connectivity index (χ2n) is 3.70. The van der Waals surface area contributed by atoms with E-state index in [2.05, 4.69) is 5.82 Å². The topological polar surface area (TPSA) is 44.5 Å². The molecule has 0 aliphatic heterocycles. The van der Waals surface area contributed by atoms with E-state index in [1.165, 1.54) is 4.46 Å². The summed E-state index contributed by atoms with van der Waals surface area (Å²) in [6.45, 7) is 2.00. The Morgan fingerprint density at radius 1 is 1.31 bits per heavy atom. The number of ether oxygens (including phenoxy) is 2. The van der Waals surface area contributed by atoms with Crippen molar-refractivity contribution < 1.29 is 9.47 Å². The van der Waals surface area contributed by atoms with E-state index in [0.29, 0.717) is 15.0 Å². The van der Waals surface area contributed by atoms with Crippen LogP contribution in [-0.2, 0) is 6.42 Å². The van der Waals surface area contributed by atoms with E-state index in [-0.39, 0.29) is 6.04 Å². The fourth-order valence-corrected chi connectivity index (χ4v) is 2.96. The minimum absolute atomic E-state index is 0.123. The molecule has 1 unspecified atom stereocenters. The van der Waals surface area contributed by atoms with Crippen LogP contribution in [0.2, 0.25) is 5.82 Å². The fraction of sp³-hybridized carbons (Fsp3) is 0.500. The third-order valence-electron chi connectivity index (χ3n) is 2.31. The number of rotatable bonds is 5. The zero-order valence-electron chi connectivity index (χ0n) is 10.2.